The van der Waals surface area contributed by atoms with Gasteiger partial charge in [0.25, 0.3) is 0 Å². The molecule has 0 N–H and O–H groups in total. The van der Waals surface area contributed by atoms with E-state index < -0.39 is 10.0 Å². The number of aromatic nitrogens is 2. The van der Waals surface area contributed by atoms with E-state index in [0.29, 0.717) is 25.7 Å². The van der Waals surface area contributed by atoms with Crippen molar-refractivity contribution < 1.29 is 13.2 Å². The lowest BCUT2D eigenvalue weighted by Crippen LogP contribution is -2.42. The first-order chi connectivity index (χ1) is 12.4. The molecule has 1 aromatic heterocycles. The normalized spacial score (nSPS) is 18.6. The maximum atomic E-state index is 12.8. The lowest BCUT2D eigenvalue weighted by Gasteiger charge is -2.31. The van der Waals surface area contributed by atoms with Gasteiger partial charge in [0, 0.05) is 31.4 Å². The van der Waals surface area contributed by atoms with Crippen molar-refractivity contribution in [3.05, 3.63) is 52.3 Å². The molecule has 26 heavy (non-hydrogen) atoms. The molecule has 0 radical (unpaired) electrons. The summed E-state index contributed by atoms with van der Waals surface area (Å²) in [5, 5.41) is 0. The van der Waals surface area contributed by atoms with E-state index in [1.165, 1.54) is 0 Å². The topological polar surface area (TPSA) is 72.4 Å². The molecule has 1 aliphatic rings. The van der Waals surface area contributed by atoms with Crippen LogP contribution in [-0.2, 0) is 15.8 Å². The van der Waals surface area contributed by atoms with Crippen LogP contribution in [0, 0.1) is 12.8 Å². The Morgan fingerprint density at radius 2 is 2.08 bits per heavy atom. The van der Waals surface area contributed by atoms with Crippen LogP contribution in [0.25, 0.3) is 0 Å². The van der Waals surface area contributed by atoms with Gasteiger partial charge in [-0.05, 0) is 41.3 Å². The van der Waals surface area contributed by atoms with Gasteiger partial charge in [-0.1, -0.05) is 29.8 Å². The van der Waals surface area contributed by atoms with Crippen LogP contribution in [0.5, 0.6) is 6.01 Å². The predicted octanol–water partition coefficient (Wildman–Crippen LogP) is 3.17. The van der Waals surface area contributed by atoms with Crippen molar-refractivity contribution in [2.45, 2.75) is 25.5 Å². The summed E-state index contributed by atoms with van der Waals surface area (Å²) < 4.78 is 33.6. The number of ether oxygens (including phenoxy) is 1. The Morgan fingerprint density at radius 3 is 2.81 bits per heavy atom. The molecule has 0 saturated carbocycles. The zero-order valence-corrected chi connectivity index (χ0v) is 17.0. The van der Waals surface area contributed by atoms with Gasteiger partial charge >= 0.3 is 6.01 Å². The standard InChI is InChI=1S/C18H22BrN3O3S/c1-14-4-2-5-15(8-14)13-26(23,24)22-7-3-6-16(11-22)12-25-18-20-9-17(19)10-21-18/h2,4-5,8-10,16H,3,6-7,11-13H2,1H3. The van der Waals surface area contributed by atoms with Crippen LogP contribution in [-0.4, -0.2) is 42.4 Å². The molecule has 1 aliphatic heterocycles. The average molecular weight is 440 g/mol. The van der Waals surface area contributed by atoms with Crippen LogP contribution in [0.1, 0.15) is 24.0 Å². The molecule has 1 atom stereocenters. The number of halogens is 1. The fourth-order valence-corrected chi connectivity index (χ4v) is 4.92. The first-order valence-corrected chi connectivity index (χ1v) is 11.0. The molecule has 0 bridgehead atoms. The zero-order chi connectivity index (χ0) is 18.6. The molecule has 2 heterocycles. The molecule has 8 heteroatoms. The van der Waals surface area contributed by atoms with E-state index in [2.05, 4.69) is 25.9 Å². The van der Waals surface area contributed by atoms with Gasteiger partial charge < -0.3 is 4.74 Å². The summed E-state index contributed by atoms with van der Waals surface area (Å²) in [6.07, 6.45) is 5.03. The summed E-state index contributed by atoms with van der Waals surface area (Å²) in [6.45, 7) is 3.43. The molecule has 0 amide bonds. The lowest BCUT2D eigenvalue weighted by molar-refractivity contribution is 0.171. The van der Waals surface area contributed by atoms with Crippen molar-refractivity contribution in [3.63, 3.8) is 0 Å². The molecule has 1 saturated heterocycles. The van der Waals surface area contributed by atoms with E-state index in [9.17, 15) is 8.42 Å². The Morgan fingerprint density at radius 1 is 1.31 bits per heavy atom. The molecule has 0 spiro atoms. The molecule has 140 valence electrons. The minimum Gasteiger partial charge on any atom is -0.463 e. The molecule has 0 aliphatic carbocycles. The van der Waals surface area contributed by atoms with Crippen molar-refractivity contribution in [2.24, 2.45) is 5.92 Å². The van der Waals surface area contributed by atoms with Gasteiger partial charge in [0.2, 0.25) is 10.0 Å². The minimum absolute atomic E-state index is 0.0398. The number of nitrogens with zero attached hydrogens (tertiary/aromatic N) is 3. The second-order valence-electron chi connectivity index (χ2n) is 6.61. The number of rotatable bonds is 6. The monoisotopic (exact) mass is 439 g/mol. The molecule has 1 unspecified atom stereocenters. The van der Waals surface area contributed by atoms with Crippen molar-refractivity contribution in [1.82, 2.24) is 14.3 Å². The second kappa shape index (κ2) is 8.45. The fraction of sp³-hybridized carbons (Fsp3) is 0.444. The summed E-state index contributed by atoms with van der Waals surface area (Å²) in [5.74, 6) is 0.182. The highest BCUT2D eigenvalue weighted by atomic mass is 79.9. The van der Waals surface area contributed by atoms with Crippen molar-refractivity contribution in [2.75, 3.05) is 19.7 Å². The Hall–Kier alpha value is -1.51. The summed E-state index contributed by atoms with van der Waals surface area (Å²) in [7, 11) is -3.33. The maximum Gasteiger partial charge on any atom is 0.316 e. The summed E-state index contributed by atoms with van der Waals surface area (Å²) in [6, 6.07) is 7.96. The average Bonchev–Trinajstić information content (AvgIpc) is 2.61. The van der Waals surface area contributed by atoms with E-state index in [-0.39, 0.29) is 11.7 Å². The van der Waals surface area contributed by atoms with Gasteiger partial charge in [-0.25, -0.2) is 22.7 Å². The highest BCUT2D eigenvalue weighted by molar-refractivity contribution is 9.10. The van der Waals surface area contributed by atoms with Gasteiger partial charge in [-0.3, -0.25) is 0 Å². The largest absolute Gasteiger partial charge is 0.463 e. The number of benzene rings is 1. The van der Waals surface area contributed by atoms with Crippen LogP contribution >= 0.6 is 15.9 Å². The third kappa shape index (κ3) is 5.25. The Kier molecular flexibility index (Phi) is 6.26. The molecule has 1 aromatic carbocycles. The molecule has 1 fully saturated rings. The van der Waals surface area contributed by atoms with Gasteiger partial charge in [0.1, 0.15) is 0 Å². The smallest absolute Gasteiger partial charge is 0.316 e. The first-order valence-electron chi connectivity index (χ1n) is 8.56. The number of sulfonamides is 1. The molecular formula is C18H22BrN3O3S. The summed E-state index contributed by atoms with van der Waals surface area (Å²) >= 11 is 3.28. The number of piperidine rings is 1. The third-order valence-corrected chi connectivity index (χ3v) is 6.58. The van der Waals surface area contributed by atoms with Crippen molar-refractivity contribution in [1.29, 1.82) is 0 Å². The highest BCUT2D eigenvalue weighted by Gasteiger charge is 2.29. The zero-order valence-electron chi connectivity index (χ0n) is 14.6. The lowest BCUT2D eigenvalue weighted by atomic mass is 10.0. The third-order valence-electron chi connectivity index (χ3n) is 4.35. The van der Waals surface area contributed by atoms with E-state index in [4.69, 9.17) is 4.74 Å². The van der Waals surface area contributed by atoms with E-state index >= 15 is 0 Å². The van der Waals surface area contributed by atoms with E-state index in [1.54, 1.807) is 16.7 Å². The number of hydrogen-bond donors (Lipinski definition) is 0. The number of hydrogen-bond acceptors (Lipinski definition) is 5. The highest BCUT2D eigenvalue weighted by Crippen LogP contribution is 2.22. The molecule has 6 nitrogen and oxygen atoms in total. The molecule has 2 aromatic rings. The van der Waals surface area contributed by atoms with Crippen LogP contribution < -0.4 is 4.74 Å². The Labute approximate surface area is 162 Å². The minimum atomic E-state index is -3.33. The van der Waals surface area contributed by atoms with Gasteiger partial charge in [-0.15, -0.1) is 0 Å². The van der Waals surface area contributed by atoms with Crippen LogP contribution in [0.15, 0.2) is 41.1 Å². The van der Waals surface area contributed by atoms with Crippen LogP contribution in [0.4, 0.5) is 0 Å². The summed E-state index contributed by atoms with van der Waals surface area (Å²) in [5.41, 5.74) is 1.89. The molecule has 3 rings (SSSR count). The van der Waals surface area contributed by atoms with E-state index in [1.807, 2.05) is 31.2 Å². The first kappa shape index (κ1) is 19.3. The van der Waals surface area contributed by atoms with Crippen LogP contribution in [0.2, 0.25) is 0 Å². The Bertz CT molecular complexity index is 843. The van der Waals surface area contributed by atoms with Crippen molar-refractivity contribution in [3.8, 4) is 6.01 Å². The quantitative estimate of drug-likeness (QED) is 0.690. The van der Waals surface area contributed by atoms with Crippen molar-refractivity contribution >= 4 is 26.0 Å². The summed E-state index contributed by atoms with van der Waals surface area (Å²) in [4.78, 5) is 8.16. The predicted molar refractivity (Wildman–Crippen MR) is 103 cm³/mol. The molecular weight excluding hydrogens is 418 g/mol. The van der Waals surface area contributed by atoms with Gasteiger partial charge in [0.15, 0.2) is 0 Å². The maximum absolute atomic E-state index is 12.8. The fourth-order valence-electron chi connectivity index (χ4n) is 3.09. The SMILES string of the molecule is Cc1cccc(CS(=O)(=O)N2CCCC(COc3ncc(Br)cn3)C2)c1. The van der Waals surface area contributed by atoms with Gasteiger partial charge in [-0.2, -0.15) is 0 Å². The van der Waals surface area contributed by atoms with E-state index in [0.717, 1.165) is 28.4 Å². The Balaban J connectivity index is 1.59. The second-order valence-corrected chi connectivity index (χ2v) is 9.49. The van der Waals surface area contributed by atoms with Gasteiger partial charge in [0.05, 0.1) is 16.8 Å². The number of aryl methyl sites for hydroxylation is 1. The van der Waals surface area contributed by atoms with Crippen LogP contribution in [0.3, 0.4) is 0 Å².